The molecule has 0 atom stereocenters. The third-order valence-corrected chi connectivity index (χ3v) is 5.98. The summed E-state index contributed by atoms with van der Waals surface area (Å²) in [5, 5.41) is 9.75. The number of hydrogen-bond donors (Lipinski definition) is 0. The lowest BCUT2D eigenvalue weighted by atomic mass is 10.1. The van der Waals surface area contributed by atoms with Gasteiger partial charge in [0, 0.05) is 24.6 Å². The first-order chi connectivity index (χ1) is 16.5. The molecular formula is C25H25N7O2. The molecule has 0 unspecified atom stereocenters. The number of oxime groups is 1. The van der Waals surface area contributed by atoms with Crippen LogP contribution in [0.5, 0.6) is 5.75 Å². The number of methoxy groups -OCH3 is 1. The second kappa shape index (κ2) is 8.93. The second-order valence-corrected chi connectivity index (χ2v) is 8.07. The quantitative estimate of drug-likeness (QED) is 0.271. The molecule has 0 aliphatic rings. The highest BCUT2D eigenvalue weighted by atomic mass is 16.6. The molecule has 0 N–H and O–H groups in total. The Hall–Kier alpha value is -4.27. The normalized spacial score (nSPS) is 11.9. The van der Waals surface area contributed by atoms with Gasteiger partial charge in [-0.15, -0.1) is 5.10 Å². The molecule has 9 heteroatoms. The molecule has 4 heterocycles. The van der Waals surface area contributed by atoms with Gasteiger partial charge in [0.25, 0.3) is 0 Å². The summed E-state index contributed by atoms with van der Waals surface area (Å²) < 4.78 is 9.10. The van der Waals surface area contributed by atoms with Crippen LogP contribution in [-0.2, 0) is 18.0 Å². The first kappa shape index (κ1) is 21.6. The average molecular weight is 456 g/mol. The number of aromatic nitrogens is 6. The fraction of sp³-hybridized carbons (Fsp3) is 0.240. The van der Waals surface area contributed by atoms with E-state index in [0.29, 0.717) is 12.4 Å². The smallest absolute Gasteiger partial charge is 0.192 e. The highest BCUT2D eigenvalue weighted by Crippen LogP contribution is 2.27. The highest BCUT2D eigenvalue weighted by molar-refractivity contribution is 5.98. The zero-order chi connectivity index (χ0) is 23.7. The molecule has 0 fully saturated rings. The van der Waals surface area contributed by atoms with Crippen molar-refractivity contribution in [3.8, 4) is 5.75 Å². The van der Waals surface area contributed by atoms with Gasteiger partial charge in [0.05, 0.1) is 18.2 Å². The van der Waals surface area contributed by atoms with Crippen molar-refractivity contribution in [2.45, 2.75) is 33.9 Å². The lowest BCUT2D eigenvalue weighted by Crippen LogP contribution is -2.03. The van der Waals surface area contributed by atoms with Crippen LogP contribution in [-0.4, -0.2) is 42.0 Å². The monoisotopic (exact) mass is 455 g/mol. The zero-order valence-corrected chi connectivity index (χ0v) is 19.6. The molecule has 1 aromatic carbocycles. The van der Waals surface area contributed by atoms with Gasteiger partial charge in [-0.05, 0) is 73.9 Å². The number of aryl methyl sites for hydroxylation is 1. The van der Waals surface area contributed by atoms with E-state index < -0.39 is 0 Å². The topological polar surface area (TPSA) is 91.7 Å². The predicted molar refractivity (Wildman–Crippen MR) is 129 cm³/mol. The Balaban J connectivity index is 1.40. The fourth-order valence-electron chi connectivity index (χ4n) is 3.97. The maximum atomic E-state index is 5.56. The number of ether oxygens (including phenoxy) is 1. The number of nitrogens with zero attached hydrogens (tertiary/aromatic N) is 7. The van der Waals surface area contributed by atoms with Crippen molar-refractivity contribution in [3.63, 3.8) is 0 Å². The van der Waals surface area contributed by atoms with Gasteiger partial charge in [-0.25, -0.2) is 14.5 Å². The van der Waals surface area contributed by atoms with Gasteiger partial charge in [0.15, 0.2) is 18.1 Å². The molecule has 0 radical (unpaired) electrons. The average Bonchev–Trinajstić information content (AvgIpc) is 3.39. The summed E-state index contributed by atoms with van der Waals surface area (Å²) >= 11 is 0. The minimum absolute atomic E-state index is 0.159. The van der Waals surface area contributed by atoms with E-state index in [-0.39, 0.29) is 6.61 Å². The van der Waals surface area contributed by atoms with E-state index in [2.05, 4.69) is 33.7 Å². The Kier molecular flexibility index (Phi) is 5.67. The molecule has 0 saturated carbocycles. The number of fused-ring (bicyclic) bond motifs is 3. The first-order valence-corrected chi connectivity index (χ1v) is 10.9. The van der Waals surface area contributed by atoms with Gasteiger partial charge in [0.1, 0.15) is 17.7 Å². The lowest BCUT2D eigenvalue weighted by molar-refractivity contribution is 0.125. The molecule has 9 nitrogen and oxygen atoms in total. The van der Waals surface area contributed by atoms with E-state index in [0.717, 1.165) is 50.5 Å². The van der Waals surface area contributed by atoms with Crippen molar-refractivity contribution >= 4 is 22.4 Å². The first-order valence-electron chi connectivity index (χ1n) is 10.9. The van der Waals surface area contributed by atoms with Gasteiger partial charge < -0.3 is 14.1 Å². The number of hydrogen-bond acceptors (Lipinski definition) is 7. The molecule has 34 heavy (non-hydrogen) atoms. The fourth-order valence-corrected chi connectivity index (χ4v) is 3.97. The summed E-state index contributed by atoms with van der Waals surface area (Å²) in [5.74, 6) is 1.34. The van der Waals surface area contributed by atoms with Crippen LogP contribution < -0.4 is 4.74 Å². The minimum Gasteiger partial charge on any atom is -0.497 e. The third-order valence-electron chi connectivity index (χ3n) is 5.98. The Morgan fingerprint density at radius 2 is 1.79 bits per heavy atom. The summed E-state index contributed by atoms with van der Waals surface area (Å²) in [4.78, 5) is 19.1. The van der Waals surface area contributed by atoms with E-state index in [4.69, 9.17) is 19.5 Å². The van der Waals surface area contributed by atoms with E-state index in [1.165, 1.54) is 0 Å². The van der Waals surface area contributed by atoms with E-state index in [1.807, 2.05) is 43.3 Å². The summed E-state index contributed by atoms with van der Waals surface area (Å²) in [7, 11) is 1.64. The van der Waals surface area contributed by atoms with Crippen LogP contribution >= 0.6 is 0 Å². The summed E-state index contributed by atoms with van der Waals surface area (Å²) in [6.07, 6.45) is 5.30. The van der Waals surface area contributed by atoms with Gasteiger partial charge in [-0.1, -0.05) is 5.16 Å². The zero-order valence-electron chi connectivity index (χ0n) is 19.6. The van der Waals surface area contributed by atoms with Gasteiger partial charge in [-0.2, -0.15) is 0 Å². The summed E-state index contributed by atoms with van der Waals surface area (Å²) in [6.45, 7) is 6.96. The van der Waals surface area contributed by atoms with Crippen LogP contribution in [0.3, 0.4) is 0 Å². The third kappa shape index (κ3) is 3.96. The lowest BCUT2D eigenvalue weighted by Gasteiger charge is -2.07. The van der Waals surface area contributed by atoms with Crippen molar-refractivity contribution in [1.82, 2.24) is 29.1 Å². The molecule has 0 bridgehead atoms. The van der Waals surface area contributed by atoms with Crippen molar-refractivity contribution in [2.24, 2.45) is 5.16 Å². The van der Waals surface area contributed by atoms with Crippen LogP contribution in [0.15, 0.2) is 60.3 Å². The largest absolute Gasteiger partial charge is 0.497 e. The molecule has 5 aromatic rings. The van der Waals surface area contributed by atoms with Crippen molar-refractivity contribution in [3.05, 3.63) is 83.3 Å². The molecular weight excluding hydrogens is 430 g/mol. The molecule has 0 amide bonds. The molecule has 5 rings (SSSR count). The Bertz CT molecular complexity index is 1490. The van der Waals surface area contributed by atoms with Crippen LogP contribution in [0.2, 0.25) is 0 Å². The summed E-state index contributed by atoms with van der Waals surface area (Å²) in [5.41, 5.74) is 6.80. The highest BCUT2D eigenvalue weighted by Gasteiger charge is 2.18. The molecule has 0 aliphatic heterocycles. The molecule has 4 aromatic heterocycles. The van der Waals surface area contributed by atoms with E-state index >= 15 is 0 Å². The van der Waals surface area contributed by atoms with Crippen molar-refractivity contribution in [2.75, 3.05) is 7.11 Å². The minimum atomic E-state index is 0.159. The molecule has 0 spiro atoms. The van der Waals surface area contributed by atoms with Gasteiger partial charge in [0.2, 0.25) is 0 Å². The maximum absolute atomic E-state index is 5.56. The number of rotatable bonds is 7. The number of pyridine rings is 1. The van der Waals surface area contributed by atoms with E-state index in [1.54, 1.807) is 30.3 Å². The second-order valence-electron chi connectivity index (χ2n) is 8.07. The van der Waals surface area contributed by atoms with Crippen molar-refractivity contribution in [1.29, 1.82) is 0 Å². The summed E-state index contributed by atoms with van der Waals surface area (Å²) in [6, 6.07) is 11.7. The SMILES string of the molecule is COc1ccc(/C(C)=N\OCc2nc3c4c(C)c(C)n(Cc5ccncc5)c4ncn3n2)cc1. The van der Waals surface area contributed by atoms with Crippen LogP contribution in [0.1, 0.15) is 35.1 Å². The Labute approximate surface area is 196 Å². The van der Waals surface area contributed by atoms with Crippen LogP contribution in [0, 0.1) is 13.8 Å². The standard InChI is InChI=1S/C25H25N7O2/c1-16-18(3)31(13-19-9-11-26-12-10-19)24-23(16)25-28-22(29-32(25)15-27-24)14-34-30-17(2)20-5-7-21(33-4)8-6-20/h5-12,15H,13-14H2,1-4H3/b30-17-. The molecule has 172 valence electrons. The van der Waals surface area contributed by atoms with Gasteiger partial charge in [-0.3, -0.25) is 4.98 Å². The molecule has 0 saturated heterocycles. The van der Waals surface area contributed by atoms with Gasteiger partial charge >= 0.3 is 0 Å². The molecule has 0 aliphatic carbocycles. The Morgan fingerprint density at radius 1 is 1.03 bits per heavy atom. The van der Waals surface area contributed by atoms with Crippen LogP contribution in [0.25, 0.3) is 16.7 Å². The van der Waals surface area contributed by atoms with Crippen molar-refractivity contribution < 1.29 is 9.57 Å². The van der Waals surface area contributed by atoms with Crippen LogP contribution in [0.4, 0.5) is 0 Å². The number of benzene rings is 1. The Morgan fingerprint density at radius 3 is 2.53 bits per heavy atom. The maximum Gasteiger partial charge on any atom is 0.192 e. The van der Waals surface area contributed by atoms with E-state index in [9.17, 15) is 0 Å². The predicted octanol–water partition coefficient (Wildman–Crippen LogP) is 4.09.